The van der Waals surface area contributed by atoms with Gasteiger partial charge >= 0.3 is 0 Å². The number of amides is 1. The van der Waals surface area contributed by atoms with Crippen LogP contribution >= 0.6 is 11.3 Å². The first kappa shape index (κ1) is 15.3. The molecule has 1 atom stereocenters. The SMILES string of the molecule is Cc1cc([C@H]2CCCCN2C(=O)Cc2cccs2)nc2nccn12. The van der Waals surface area contributed by atoms with Crippen molar-refractivity contribution in [2.75, 3.05) is 6.54 Å². The van der Waals surface area contributed by atoms with E-state index < -0.39 is 0 Å². The minimum atomic E-state index is 0.0617. The molecule has 3 aromatic rings. The molecule has 1 fully saturated rings. The van der Waals surface area contributed by atoms with Crippen molar-refractivity contribution in [3.05, 3.63) is 52.2 Å². The van der Waals surface area contributed by atoms with Crippen molar-refractivity contribution >= 4 is 23.0 Å². The van der Waals surface area contributed by atoms with Gasteiger partial charge in [-0.2, -0.15) is 0 Å². The highest BCUT2D eigenvalue weighted by molar-refractivity contribution is 7.10. The number of aromatic nitrogens is 3. The molecule has 0 aromatic carbocycles. The smallest absolute Gasteiger partial charge is 0.234 e. The number of nitrogens with zero attached hydrogens (tertiary/aromatic N) is 4. The van der Waals surface area contributed by atoms with E-state index in [-0.39, 0.29) is 11.9 Å². The Morgan fingerprint density at radius 3 is 3.17 bits per heavy atom. The molecule has 0 N–H and O–H groups in total. The van der Waals surface area contributed by atoms with Gasteiger partial charge < -0.3 is 4.90 Å². The van der Waals surface area contributed by atoms with Gasteiger partial charge in [-0.15, -0.1) is 11.3 Å². The zero-order valence-corrected chi connectivity index (χ0v) is 14.5. The first-order valence-corrected chi connectivity index (χ1v) is 9.23. The van der Waals surface area contributed by atoms with Gasteiger partial charge in [0.1, 0.15) is 0 Å². The van der Waals surface area contributed by atoms with E-state index in [1.807, 2.05) is 33.0 Å². The molecule has 4 rings (SSSR count). The van der Waals surface area contributed by atoms with Gasteiger partial charge in [0, 0.05) is 29.5 Å². The van der Waals surface area contributed by atoms with Gasteiger partial charge in [-0.05, 0) is 43.7 Å². The van der Waals surface area contributed by atoms with Gasteiger partial charge in [-0.3, -0.25) is 9.20 Å². The van der Waals surface area contributed by atoms with Gasteiger partial charge in [-0.25, -0.2) is 9.97 Å². The van der Waals surface area contributed by atoms with Crippen LogP contribution in [0.3, 0.4) is 0 Å². The highest BCUT2D eigenvalue weighted by Crippen LogP contribution is 2.31. The molecule has 1 aliphatic rings. The summed E-state index contributed by atoms with van der Waals surface area (Å²) in [5.41, 5.74) is 2.06. The number of aryl methyl sites for hydroxylation is 1. The van der Waals surface area contributed by atoms with Crippen molar-refractivity contribution in [2.45, 2.75) is 38.6 Å². The molecule has 1 saturated heterocycles. The van der Waals surface area contributed by atoms with Crippen LogP contribution in [0.25, 0.3) is 5.78 Å². The molecule has 1 aliphatic heterocycles. The third-order valence-electron chi connectivity index (χ3n) is 4.66. The molecule has 0 unspecified atom stereocenters. The van der Waals surface area contributed by atoms with Crippen molar-refractivity contribution in [2.24, 2.45) is 0 Å². The molecule has 124 valence electrons. The summed E-state index contributed by atoms with van der Waals surface area (Å²) in [4.78, 5) is 25.0. The second-order valence-electron chi connectivity index (χ2n) is 6.27. The Kier molecular flexibility index (Phi) is 4.06. The summed E-state index contributed by atoms with van der Waals surface area (Å²) in [6.45, 7) is 2.87. The van der Waals surface area contributed by atoms with E-state index in [1.165, 1.54) is 0 Å². The molecule has 24 heavy (non-hydrogen) atoms. The number of thiophene rings is 1. The first-order valence-electron chi connectivity index (χ1n) is 8.35. The molecule has 0 aliphatic carbocycles. The lowest BCUT2D eigenvalue weighted by molar-refractivity contribution is -0.134. The van der Waals surface area contributed by atoms with Gasteiger partial charge in [0.05, 0.1) is 18.2 Å². The van der Waals surface area contributed by atoms with Gasteiger partial charge in [0.25, 0.3) is 0 Å². The fourth-order valence-corrected chi connectivity index (χ4v) is 4.15. The Morgan fingerprint density at radius 1 is 1.42 bits per heavy atom. The number of fused-ring (bicyclic) bond motifs is 1. The Bertz CT molecular complexity index is 855. The monoisotopic (exact) mass is 340 g/mol. The van der Waals surface area contributed by atoms with Gasteiger partial charge in [0.2, 0.25) is 11.7 Å². The predicted molar refractivity (Wildman–Crippen MR) is 94.1 cm³/mol. The number of carbonyl (C=O) groups excluding carboxylic acids is 1. The maximum Gasteiger partial charge on any atom is 0.234 e. The van der Waals surface area contributed by atoms with Crippen LogP contribution in [-0.2, 0) is 11.2 Å². The lowest BCUT2D eigenvalue weighted by Crippen LogP contribution is -2.39. The standard InChI is InChI=1S/C18H20N4OS/c1-13-11-15(20-18-19-7-9-21(13)18)16-6-2-3-8-22(16)17(23)12-14-5-4-10-24-14/h4-5,7,9-11,16H,2-3,6,8,12H2,1H3/t16-/m1/s1. The van der Waals surface area contributed by atoms with Crippen LogP contribution in [0.2, 0.25) is 0 Å². The maximum absolute atomic E-state index is 12.8. The van der Waals surface area contributed by atoms with Crippen molar-refractivity contribution in [3.8, 4) is 0 Å². The summed E-state index contributed by atoms with van der Waals surface area (Å²) in [6, 6.07) is 6.18. The van der Waals surface area contributed by atoms with E-state index in [1.54, 1.807) is 17.5 Å². The molecule has 0 radical (unpaired) electrons. The number of piperidine rings is 1. The normalized spacial score (nSPS) is 18.2. The van der Waals surface area contributed by atoms with Crippen LogP contribution in [0.1, 0.15) is 41.6 Å². The summed E-state index contributed by atoms with van der Waals surface area (Å²) in [6.07, 6.45) is 7.34. The first-order chi connectivity index (χ1) is 11.7. The Balaban J connectivity index is 1.64. The fourth-order valence-electron chi connectivity index (χ4n) is 3.46. The molecule has 0 bridgehead atoms. The molecule has 1 amide bonds. The summed E-state index contributed by atoms with van der Waals surface area (Å²) < 4.78 is 1.98. The molecule has 0 spiro atoms. The molecule has 4 heterocycles. The van der Waals surface area contributed by atoms with Crippen LogP contribution in [0.5, 0.6) is 0 Å². The molecule has 0 saturated carbocycles. The van der Waals surface area contributed by atoms with Crippen LogP contribution in [0.4, 0.5) is 0 Å². The minimum absolute atomic E-state index is 0.0617. The van der Waals surface area contributed by atoms with E-state index in [9.17, 15) is 4.79 Å². The van der Waals surface area contributed by atoms with Crippen molar-refractivity contribution < 1.29 is 4.79 Å². The Labute approximate surface area is 145 Å². The number of carbonyl (C=O) groups is 1. The highest BCUT2D eigenvalue weighted by atomic mass is 32.1. The van der Waals surface area contributed by atoms with Crippen LogP contribution in [0, 0.1) is 6.92 Å². The van der Waals surface area contributed by atoms with E-state index >= 15 is 0 Å². The van der Waals surface area contributed by atoms with E-state index in [0.717, 1.165) is 42.1 Å². The lowest BCUT2D eigenvalue weighted by Gasteiger charge is -2.35. The second-order valence-corrected chi connectivity index (χ2v) is 7.31. The van der Waals surface area contributed by atoms with Gasteiger partial charge in [-0.1, -0.05) is 6.07 Å². The number of hydrogen-bond donors (Lipinski definition) is 0. The minimum Gasteiger partial charge on any atom is -0.334 e. The lowest BCUT2D eigenvalue weighted by atomic mass is 9.98. The average Bonchev–Trinajstić information content (AvgIpc) is 3.26. The molecule has 6 heteroatoms. The second kappa shape index (κ2) is 6.36. The largest absolute Gasteiger partial charge is 0.334 e. The fraction of sp³-hybridized carbons (Fsp3) is 0.389. The third-order valence-corrected chi connectivity index (χ3v) is 5.53. The summed E-state index contributed by atoms with van der Waals surface area (Å²) >= 11 is 1.64. The molecule has 3 aromatic heterocycles. The third kappa shape index (κ3) is 2.82. The van der Waals surface area contributed by atoms with Crippen LogP contribution < -0.4 is 0 Å². The van der Waals surface area contributed by atoms with E-state index in [4.69, 9.17) is 4.98 Å². The topological polar surface area (TPSA) is 50.5 Å². The van der Waals surface area contributed by atoms with E-state index in [2.05, 4.69) is 18.0 Å². The van der Waals surface area contributed by atoms with Crippen molar-refractivity contribution in [1.29, 1.82) is 0 Å². The number of likely N-dealkylation sites (tertiary alicyclic amines) is 1. The van der Waals surface area contributed by atoms with E-state index in [0.29, 0.717) is 12.2 Å². The Hall–Kier alpha value is -2.21. The summed E-state index contributed by atoms with van der Waals surface area (Å²) in [5.74, 6) is 0.908. The van der Waals surface area contributed by atoms with Crippen LogP contribution in [-0.4, -0.2) is 31.7 Å². The highest BCUT2D eigenvalue weighted by Gasteiger charge is 2.29. The van der Waals surface area contributed by atoms with Crippen molar-refractivity contribution in [1.82, 2.24) is 19.3 Å². The molecular weight excluding hydrogens is 320 g/mol. The van der Waals surface area contributed by atoms with Crippen LogP contribution in [0.15, 0.2) is 36.0 Å². The predicted octanol–water partition coefficient (Wildman–Crippen LogP) is 3.40. The maximum atomic E-state index is 12.8. The zero-order valence-electron chi connectivity index (χ0n) is 13.7. The number of imidazole rings is 1. The zero-order chi connectivity index (χ0) is 16.5. The summed E-state index contributed by atoms with van der Waals surface area (Å²) in [5, 5.41) is 2.02. The number of hydrogen-bond acceptors (Lipinski definition) is 4. The summed E-state index contributed by atoms with van der Waals surface area (Å²) in [7, 11) is 0. The molecular formula is C18H20N4OS. The number of rotatable bonds is 3. The van der Waals surface area contributed by atoms with Gasteiger partial charge in [0.15, 0.2) is 0 Å². The Morgan fingerprint density at radius 2 is 2.33 bits per heavy atom. The average molecular weight is 340 g/mol. The van der Waals surface area contributed by atoms with Crippen molar-refractivity contribution in [3.63, 3.8) is 0 Å². The molecule has 5 nitrogen and oxygen atoms in total. The quantitative estimate of drug-likeness (QED) is 0.734.